The predicted molar refractivity (Wildman–Crippen MR) is 293 cm³/mol. The molecule has 2 aromatic heterocycles. The number of hydrogen-bond acceptors (Lipinski definition) is 3. The molecule has 0 radical (unpaired) electrons. The van der Waals surface area contributed by atoms with Crippen LogP contribution in [-0.4, -0.2) is 19.5 Å². The molecule has 0 atom stereocenters. The molecule has 4 nitrogen and oxygen atoms in total. The average Bonchev–Trinajstić information content (AvgIpc) is 3.89. The molecule has 0 saturated heterocycles. The minimum atomic E-state index is -0.170. The number of rotatable bonds is 7. The van der Waals surface area contributed by atoms with Crippen molar-refractivity contribution in [1.29, 1.82) is 0 Å². The maximum atomic E-state index is 5.21. The zero-order valence-electron chi connectivity index (χ0n) is 39.7. The third kappa shape index (κ3) is 7.19. The molecule has 334 valence electrons. The van der Waals surface area contributed by atoms with E-state index in [4.69, 9.17) is 15.0 Å². The van der Waals surface area contributed by atoms with Crippen LogP contribution in [-0.2, 0) is 5.41 Å². The van der Waals surface area contributed by atoms with Gasteiger partial charge in [-0.1, -0.05) is 228 Å². The lowest BCUT2D eigenvalue weighted by atomic mass is 9.81. The molecule has 4 heteroatoms. The Balaban J connectivity index is 0.00000249. The van der Waals surface area contributed by atoms with Crippen LogP contribution in [0.4, 0.5) is 0 Å². The molecular formula is C66H50N4. The van der Waals surface area contributed by atoms with Gasteiger partial charge in [0, 0.05) is 44.1 Å². The van der Waals surface area contributed by atoms with Crippen LogP contribution in [0, 0.1) is 0 Å². The second-order valence-corrected chi connectivity index (χ2v) is 18.4. The van der Waals surface area contributed by atoms with Gasteiger partial charge in [-0.25, -0.2) is 15.0 Å². The van der Waals surface area contributed by atoms with E-state index in [2.05, 4.69) is 225 Å². The molecule has 0 aliphatic heterocycles. The Kier molecular flexibility index (Phi) is 10.6. The number of para-hydroxylation sites is 1. The highest BCUT2D eigenvalue weighted by Gasteiger charge is 2.37. The van der Waals surface area contributed by atoms with E-state index in [0.29, 0.717) is 17.5 Å². The minimum Gasteiger partial charge on any atom is -0.309 e. The zero-order chi connectivity index (χ0) is 47.3. The molecule has 0 amide bonds. The number of fused-ring (bicyclic) bond motifs is 8. The van der Waals surface area contributed by atoms with Crippen LogP contribution in [0.25, 0.3) is 117 Å². The lowest BCUT2D eigenvalue weighted by Gasteiger charge is -2.22. The summed E-state index contributed by atoms with van der Waals surface area (Å²) in [5.74, 6) is 1.87. The van der Waals surface area contributed by atoms with Crippen LogP contribution in [0.5, 0.6) is 0 Å². The number of benzene rings is 10. The highest BCUT2D eigenvalue weighted by atomic mass is 15.0. The fourth-order valence-electron chi connectivity index (χ4n) is 10.6. The quantitative estimate of drug-likeness (QED) is 0.160. The van der Waals surface area contributed by atoms with Crippen molar-refractivity contribution >= 4 is 32.6 Å². The van der Waals surface area contributed by atoms with Crippen molar-refractivity contribution in [2.45, 2.75) is 33.1 Å². The van der Waals surface area contributed by atoms with Gasteiger partial charge in [-0.2, -0.15) is 0 Å². The maximum absolute atomic E-state index is 5.21. The van der Waals surface area contributed by atoms with Crippen molar-refractivity contribution < 1.29 is 0 Å². The summed E-state index contributed by atoms with van der Waals surface area (Å²) < 4.78 is 2.45. The SMILES string of the molecule is CC.CC1(C)c2cc(-c3cccc4c5cc(-c6ccccc6)ccc5n(-c5cccc(-c6nc(-c7ccccc7)nc(-c7ccc(-c8ccccc8)cc7)n6)c5)c34)ccc2-c2c1ccc1ccccc21. The van der Waals surface area contributed by atoms with Crippen LogP contribution in [0.15, 0.2) is 231 Å². The Hall–Kier alpha value is -8.73. The largest absolute Gasteiger partial charge is 0.309 e. The smallest absolute Gasteiger partial charge is 0.164 e. The summed E-state index contributed by atoms with van der Waals surface area (Å²) in [5, 5.41) is 4.97. The third-order valence-electron chi connectivity index (χ3n) is 14.1. The summed E-state index contributed by atoms with van der Waals surface area (Å²) in [5.41, 5.74) is 18.4. The highest BCUT2D eigenvalue weighted by Crippen LogP contribution is 2.53. The Morgan fingerprint density at radius 1 is 0.343 bits per heavy atom. The molecule has 0 spiro atoms. The lowest BCUT2D eigenvalue weighted by Crippen LogP contribution is -2.15. The summed E-state index contributed by atoms with van der Waals surface area (Å²) in [7, 11) is 0. The number of nitrogens with zero attached hydrogens (tertiary/aromatic N) is 4. The summed E-state index contributed by atoms with van der Waals surface area (Å²) >= 11 is 0. The Bertz CT molecular complexity index is 3910. The molecule has 0 saturated carbocycles. The van der Waals surface area contributed by atoms with E-state index in [-0.39, 0.29) is 5.41 Å². The Morgan fingerprint density at radius 2 is 0.871 bits per heavy atom. The van der Waals surface area contributed by atoms with E-state index in [1.807, 2.05) is 38.1 Å². The third-order valence-corrected chi connectivity index (χ3v) is 14.1. The van der Waals surface area contributed by atoms with Crippen molar-refractivity contribution in [1.82, 2.24) is 19.5 Å². The summed E-state index contributed by atoms with van der Waals surface area (Å²) in [6.45, 7) is 8.75. The molecule has 0 unspecified atom stereocenters. The van der Waals surface area contributed by atoms with Gasteiger partial charge < -0.3 is 4.57 Å². The van der Waals surface area contributed by atoms with Gasteiger partial charge in [0.1, 0.15) is 0 Å². The van der Waals surface area contributed by atoms with E-state index in [9.17, 15) is 0 Å². The zero-order valence-corrected chi connectivity index (χ0v) is 39.7. The van der Waals surface area contributed by atoms with Gasteiger partial charge in [0.25, 0.3) is 0 Å². The molecule has 70 heavy (non-hydrogen) atoms. The highest BCUT2D eigenvalue weighted by molar-refractivity contribution is 6.15. The molecule has 0 N–H and O–H groups in total. The summed E-state index contributed by atoms with van der Waals surface area (Å²) in [6.07, 6.45) is 0. The minimum absolute atomic E-state index is 0.170. The molecule has 1 aliphatic carbocycles. The first-order chi connectivity index (χ1) is 34.5. The van der Waals surface area contributed by atoms with E-state index < -0.39 is 0 Å². The van der Waals surface area contributed by atoms with Gasteiger partial charge in [-0.15, -0.1) is 0 Å². The van der Waals surface area contributed by atoms with Gasteiger partial charge in [-0.3, -0.25) is 0 Å². The van der Waals surface area contributed by atoms with Crippen molar-refractivity contribution in [3.8, 4) is 84.4 Å². The number of aromatic nitrogens is 4. The van der Waals surface area contributed by atoms with Crippen molar-refractivity contribution in [3.63, 3.8) is 0 Å². The Labute approximate surface area is 409 Å². The topological polar surface area (TPSA) is 43.6 Å². The van der Waals surface area contributed by atoms with E-state index in [1.165, 1.54) is 71.6 Å². The fraction of sp³-hybridized carbons (Fsp3) is 0.0758. The summed E-state index contributed by atoms with van der Waals surface area (Å²) in [6, 6.07) is 82.7. The van der Waals surface area contributed by atoms with Gasteiger partial charge in [-0.05, 0) is 91.2 Å². The van der Waals surface area contributed by atoms with Crippen LogP contribution in [0.3, 0.4) is 0 Å². The molecule has 10 aromatic carbocycles. The van der Waals surface area contributed by atoms with Crippen LogP contribution >= 0.6 is 0 Å². The van der Waals surface area contributed by atoms with Crippen molar-refractivity contribution in [3.05, 3.63) is 242 Å². The van der Waals surface area contributed by atoms with E-state index in [1.54, 1.807) is 0 Å². The molecule has 12 aromatic rings. The molecule has 13 rings (SSSR count). The maximum Gasteiger partial charge on any atom is 0.164 e. The van der Waals surface area contributed by atoms with Gasteiger partial charge in [0.15, 0.2) is 17.5 Å². The van der Waals surface area contributed by atoms with Crippen molar-refractivity contribution in [2.24, 2.45) is 0 Å². The molecule has 0 bridgehead atoms. The first-order valence-corrected chi connectivity index (χ1v) is 24.3. The summed E-state index contributed by atoms with van der Waals surface area (Å²) in [4.78, 5) is 15.5. The van der Waals surface area contributed by atoms with Gasteiger partial charge in [0.05, 0.1) is 11.0 Å². The first-order valence-electron chi connectivity index (χ1n) is 24.3. The Morgan fingerprint density at radius 3 is 1.59 bits per heavy atom. The standard InChI is InChI=1S/C64H44N4.C2H6/c1-64(2)56-36-33-44-20-12-13-25-51(44)59(56)54-35-32-48(40-57(54)64)52-26-15-27-53-55-39-47(42-18-8-4-9-19-42)34-37-58(55)68(60(52)53)50-24-14-23-49(38-50)63-66-61(45-21-10-5-11-22-45)65-62(67-63)46-30-28-43(29-31-46)41-16-6-3-7-17-41;1-2/h3-40H,1-2H3;1-2H3. The lowest BCUT2D eigenvalue weighted by molar-refractivity contribution is 0.661. The predicted octanol–water partition coefficient (Wildman–Crippen LogP) is 17.5. The van der Waals surface area contributed by atoms with E-state index in [0.717, 1.165) is 39.0 Å². The molecule has 2 heterocycles. The number of hydrogen-bond donors (Lipinski definition) is 0. The van der Waals surface area contributed by atoms with E-state index >= 15 is 0 Å². The molecular weight excluding hydrogens is 849 g/mol. The molecule has 1 aliphatic rings. The van der Waals surface area contributed by atoms with Crippen LogP contribution < -0.4 is 0 Å². The monoisotopic (exact) mass is 898 g/mol. The van der Waals surface area contributed by atoms with Crippen LogP contribution in [0.2, 0.25) is 0 Å². The average molecular weight is 899 g/mol. The first kappa shape index (κ1) is 42.6. The second-order valence-electron chi connectivity index (χ2n) is 18.4. The van der Waals surface area contributed by atoms with Gasteiger partial charge in [0.2, 0.25) is 0 Å². The molecule has 0 fully saturated rings. The fourth-order valence-corrected chi connectivity index (χ4v) is 10.6. The van der Waals surface area contributed by atoms with Crippen LogP contribution in [0.1, 0.15) is 38.8 Å². The second kappa shape index (κ2) is 17.4. The van der Waals surface area contributed by atoms with Crippen molar-refractivity contribution in [2.75, 3.05) is 0 Å². The van der Waals surface area contributed by atoms with Gasteiger partial charge >= 0.3 is 0 Å². The normalized spacial score (nSPS) is 12.4.